The molecule has 4 nitrogen and oxygen atoms in total. The lowest BCUT2D eigenvalue weighted by Crippen LogP contribution is -1.97. The summed E-state index contributed by atoms with van der Waals surface area (Å²) in [7, 11) is 0. The van der Waals surface area contributed by atoms with Crippen molar-refractivity contribution in [1.82, 2.24) is 19.1 Å². The smallest absolute Gasteiger partial charge is 0.160 e. The molecule has 0 bridgehead atoms. The van der Waals surface area contributed by atoms with Crippen LogP contribution in [0.3, 0.4) is 0 Å². The predicted octanol–water partition coefficient (Wildman–Crippen LogP) is 14.0. The van der Waals surface area contributed by atoms with Crippen LogP contribution in [0, 0.1) is 0 Å². The second kappa shape index (κ2) is 12.9. The quantitative estimate of drug-likeness (QED) is 0.165. The first-order chi connectivity index (χ1) is 28.8. The molecule has 0 spiro atoms. The van der Waals surface area contributed by atoms with Crippen LogP contribution < -0.4 is 0 Å². The number of para-hydroxylation sites is 3. The molecule has 3 aromatic heterocycles. The minimum absolute atomic E-state index is 0.710. The van der Waals surface area contributed by atoms with E-state index in [-0.39, 0.29) is 0 Å². The number of hydrogen-bond donors (Lipinski definition) is 0. The van der Waals surface area contributed by atoms with Crippen LogP contribution in [0.25, 0.3) is 110 Å². The van der Waals surface area contributed by atoms with Gasteiger partial charge in [-0.15, -0.1) is 0 Å². The maximum absolute atomic E-state index is 5.24. The topological polar surface area (TPSA) is 35.6 Å². The zero-order valence-electron chi connectivity index (χ0n) is 31.4. The van der Waals surface area contributed by atoms with E-state index in [0.29, 0.717) is 5.82 Å². The van der Waals surface area contributed by atoms with Gasteiger partial charge in [-0.3, -0.25) is 0 Å². The second-order valence-electron chi connectivity index (χ2n) is 15.0. The Morgan fingerprint density at radius 1 is 0.293 bits per heavy atom. The molecule has 12 rings (SSSR count). The van der Waals surface area contributed by atoms with Gasteiger partial charge in [0.15, 0.2) is 5.82 Å². The van der Waals surface area contributed by atoms with Gasteiger partial charge in [-0.2, -0.15) is 0 Å². The molecule has 9 aromatic carbocycles. The molecular weight excluding hydrogens is 705 g/mol. The van der Waals surface area contributed by atoms with E-state index in [9.17, 15) is 0 Å². The zero-order valence-corrected chi connectivity index (χ0v) is 31.4. The lowest BCUT2D eigenvalue weighted by atomic mass is 10.0. The highest BCUT2D eigenvalue weighted by Gasteiger charge is 2.18. The van der Waals surface area contributed by atoms with Gasteiger partial charge in [0.1, 0.15) is 0 Å². The van der Waals surface area contributed by atoms with Gasteiger partial charge in [0, 0.05) is 54.8 Å². The average molecular weight is 739 g/mol. The number of nitrogens with zero attached hydrogens (tertiary/aromatic N) is 4. The Hall–Kier alpha value is -7.82. The van der Waals surface area contributed by atoms with Gasteiger partial charge in [0.25, 0.3) is 0 Å². The summed E-state index contributed by atoms with van der Waals surface area (Å²) >= 11 is 0. The third kappa shape index (κ3) is 5.02. The van der Waals surface area contributed by atoms with Crippen LogP contribution >= 0.6 is 0 Å². The van der Waals surface area contributed by atoms with E-state index in [1.807, 2.05) is 6.07 Å². The first-order valence-corrected chi connectivity index (χ1v) is 19.7. The minimum atomic E-state index is 0.710. The van der Waals surface area contributed by atoms with Crippen LogP contribution in [-0.2, 0) is 0 Å². The fourth-order valence-electron chi connectivity index (χ4n) is 9.00. The molecule has 12 aromatic rings. The van der Waals surface area contributed by atoms with Crippen molar-refractivity contribution < 1.29 is 0 Å². The summed E-state index contributed by atoms with van der Waals surface area (Å²) in [5, 5.41) is 8.29. The van der Waals surface area contributed by atoms with E-state index in [1.54, 1.807) is 0 Å². The summed E-state index contributed by atoms with van der Waals surface area (Å²) in [6.07, 6.45) is 0. The molecule has 0 amide bonds. The van der Waals surface area contributed by atoms with Crippen molar-refractivity contribution in [3.05, 3.63) is 206 Å². The van der Waals surface area contributed by atoms with Crippen LogP contribution in [0.4, 0.5) is 0 Å². The van der Waals surface area contributed by atoms with Gasteiger partial charge in [0.05, 0.1) is 33.3 Å². The van der Waals surface area contributed by atoms with Crippen molar-refractivity contribution in [2.75, 3.05) is 0 Å². The van der Waals surface area contributed by atoms with E-state index in [0.717, 1.165) is 50.0 Å². The maximum atomic E-state index is 5.24. The summed E-state index contributed by atoms with van der Waals surface area (Å²) in [4.78, 5) is 10.5. The summed E-state index contributed by atoms with van der Waals surface area (Å²) in [5.74, 6) is 0.710. The van der Waals surface area contributed by atoms with Crippen molar-refractivity contribution in [2.24, 2.45) is 0 Å². The predicted molar refractivity (Wildman–Crippen MR) is 242 cm³/mol. The first kappa shape index (κ1) is 32.4. The van der Waals surface area contributed by atoms with Crippen molar-refractivity contribution >= 4 is 65.3 Å². The molecule has 0 aliphatic heterocycles. The monoisotopic (exact) mass is 738 g/mol. The van der Waals surface area contributed by atoms with Crippen molar-refractivity contribution in [1.29, 1.82) is 0 Å². The van der Waals surface area contributed by atoms with Gasteiger partial charge in [-0.05, 0) is 83.2 Å². The van der Waals surface area contributed by atoms with Crippen molar-refractivity contribution in [3.63, 3.8) is 0 Å². The summed E-state index contributed by atoms with van der Waals surface area (Å²) in [6, 6.07) is 73.8. The molecule has 0 fully saturated rings. The third-order valence-corrected chi connectivity index (χ3v) is 11.7. The first-order valence-electron chi connectivity index (χ1n) is 19.7. The van der Waals surface area contributed by atoms with Crippen LogP contribution in [0.1, 0.15) is 0 Å². The number of benzene rings is 9. The molecule has 270 valence electrons. The van der Waals surface area contributed by atoms with Gasteiger partial charge < -0.3 is 9.13 Å². The number of hydrogen-bond acceptors (Lipinski definition) is 2. The number of fused-ring (bicyclic) bond motifs is 9. The maximum Gasteiger partial charge on any atom is 0.160 e. The highest BCUT2D eigenvalue weighted by atomic mass is 15.0. The fraction of sp³-hybridized carbons (Fsp3) is 0. The SMILES string of the molecule is c1ccc(-c2nc(-c3ccc(-n4c5ccccc5c5ccc(-c6ccc7c8ccccc8n(-c8ccccc8)c7c6)cc54)cc3)nc3c2ccc2ccccc23)cc1. The molecule has 0 saturated heterocycles. The van der Waals surface area contributed by atoms with Crippen molar-refractivity contribution in [3.8, 4) is 45.1 Å². The second-order valence-corrected chi connectivity index (χ2v) is 15.0. The lowest BCUT2D eigenvalue weighted by molar-refractivity contribution is 1.17. The Morgan fingerprint density at radius 2 is 0.776 bits per heavy atom. The molecule has 0 aliphatic rings. The highest BCUT2D eigenvalue weighted by molar-refractivity contribution is 6.13. The minimum Gasteiger partial charge on any atom is -0.309 e. The van der Waals surface area contributed by atoms with Crippen LogP contribution in [-0.4, -0.2) is 19.1 Å². The van der Waals surface area contributed by atoms with E-state index in [1.165, 1.54) is 54.6 Å². The molecule has 0 saturated carbocycles. The van der Waals surface area contributed by atoms with E-state index < -0.39 is 0 Å². The van der Waals surface area contributed by atoms with Crippen LogP contribution in [0.2, 0.25) is 0 Å². The standard InChI is InChI=1S/C54H34N4/c1-3-14-36(15-4-1)52-47-32-25-35-13-7-8-18-42(35)53(47)56-54(55-52)37-23-28-41(29-24-37)58-49-22-12-10-20-44(49)46-31-27-39(34-51(46)58)38-26-30-45-43-19-9-11-21-48(43)57(50(45)33-38)40-16-5-2-6-17-40/h1-34H. The molecule has 3 heterocycles. The van der Waals surface area contributed by atoms with Gasteiger partial charge in [-0.25, -0.2) is 9.97 Å². The molecule has 0 radical (unpaired) electrons. The summed E-state index contributed by atoms with van der Waals surface area (Å²) in [5.41, 5.74) is 13.3. The van der Waals surface area contributed by atoms with E-state index >= 15 is 0 Å². The average Bonchev–Trinajstić information content (AvgIpc) is 3.81. The lowest BCUT2D eigenvalue weighted by Gasteiger charge is -2.13. The number of rotatable bonds is 5. The Labute approximate surface area is 334 Å². The van der Waals surface area contributed by atoms with Gasteiger partial charge in [0.2, 0.25) is 0 Å². The van der Waals surface area contributed by atoms with E-state index in [2.05, 4.69) is 209 Å². The Morgan fingerprint density at radius 3 is 1.41 bits per heavy atom. The fourth-order valence-corrected chi connectivity index (χ4v) is 9.00. The molecule has 0 unspecified atom stereocenters. The molecule has 0 atom stereocenters. The van der Waals surface area contributed by atoms with Crippen LogP contribution in [0.15, 0.2) is 206 Å². The normalized spacial score (nSPS) is 11.8. The molecule has 0 N–H and O–H groups in total. The molecule has 4 heteroatoms. The molecule has 0 aliphatic carbocycles. The molecule has 58 heavy (non-hydrogen) atoms. The summed E-state index contributed by atoms with van der Waals surface area (Å²) in [6.45, 7) is 0. The third-order valence-electron chi connectivity index (χ3n) is 11.7. The Balaban J connectivity index is 1.01. The van der Waals surface area contributed by atoms with Gasteiger partial charge >= 0.3 is 0 Å². The largest absolute Gasteiger partial charge is 0.309 e. The van der Waals surface area contributed by atoms with E-state index in [4.69, 9.17) is 9.97 Å². The van der Waals surface area contributed by atoms with Gasteiger partial charge in [-0.1, -0.05) is 140 Å². The number of aromatic nitrogens is 4. The Bertz CT molecular complexity index is 3540. The Kier molecular flexibility index (Phi) is 7.20. The van der Waals surface area contributed by atoms with Crippen LogP contribution in [0.5, 0.6) is 0 Å². The summed E-state index contributed by atoms with van der Waals surface area (Å²) < 4.78 is 4.78. The molecular formula is C54H34N4. The highest BCUT2D eigenvalue weighted by Crippen LogP contribution is 2.39. The van der Waals surface area contributed by atoms with Crippen molar-refractivity contribution in [2.45, 2.75) is 0 Å². The zero-order chi connectivity index (χ0) is 38.2.